The van der Waals surface area contributed by atoms with Gasteiger partial charge < -0.3 is 5.32 Å². The highest BCUT2D eigenvalue weighted by molar-refractivity contribution is 6.30. The summed E-state index contributed by atoms with van der Waals surface area (Å²) in [6.45, 7) is 2.19. The number of halogens is 1. The molecule has 1 aliphatic rings. The molecule has 0 spiro atoms. The Balaban J connectivity index is 1.67. The lowest BCUT2D eigenvalue weighted by Crippen LogP contribution is -2.32. The number of rotatable bonds is 3. The smallest absolute Gasteiger partial charge is 0.0408 e. The zero-order valence-electron chi connectivity index (χ0n) is 10.9. The summed E-state index contributed by atoms with van der Waals surface area (Å²) in [4.78, 5) is 4.17. The Morgan fingerprint density at radius 1 is 1.26 bits per heavy atom. The topological polar surface area (TPSA) is 24.9 Å². The van der Waals surface area contributed by atoms with Gasteiger partial charge in [0.15, 0.2) is 0 Å². The maximum atomic E-state index is 6.04. The molecule has 1 heterocycles. The first kappa shape index (κ1) is 12.6. The molecule has 0 aliphatic heterocycles. The van der Waals surface area contributed by atoms with E-state index in [1.807, 2.05) is 24.5 Å². The van der Waals surface area contributed by atoms with Crippen LogP contribution >= 0.6 is 11.6 Å². The van der Waals surface area contributed by atoms with E-state index in [2.05, 4.69) is 35.4 Å². The van der Waals surface area contributed by atoms with Gasteiger partial charge in [0.2, 0.25) is 0 Å². The Bertz CT molecular complexity index is 568. The molecule has 0 fully saturated rings. The molecule has 1 aliphatic carbocycles. The molecule has 3 heteroatoms. The van der Waals surface area contributed by atoms with Gasteiger partial charge in [0.05, 0.1) is 0 Å². The maximum Gasteiger partial charge on any atom is 0.0408 e. The molecule has 1 aromatic carbocycles. The number of pyridine rings is 1. The van der Waals surface area contributed by atoms with Crippen molar-refractivity contribution in [2.45, 2.75) is 31.8 Å². The molecule has 1 N–H and O–H groups in total. The van der Waals surface area contributed by atoms with E-state index < -0.39 is 0 Å². The van der Waals surface area contributed by atoms with Crippen LogP contribution in [0.5, 0.6) is 0 Å². The number of aromatic nitrogens is 1. The van der Waals surface area contributed by atoms with Crippen LogP contribution in [0.1, 0.15) is 29.7 Å². The molecule has 1 aromatic heterocycles. The van der Waals surface area contributed by atoms with Gasteiger partial charge in [-0.2, -0.15) is 0 Å². The van der Waals surface area contributed by atoms with E-state index in [1.54, 1.807) is 0 Å². The average molecular weight is 273 g/mol. The number of hydrogen-bond acceptors (Lipinski definition) is 2. The second kappa shape index (κ2) is 5.32. The molecule has 3 rings (SSSR count). The van der Waals surface area contributed by atoms with Gasteiger partial charge in [-0.05, 0) is 54.7 Å². The van der Waals surface area contributed by atoms with Gasteiger partial charge >= 0.3 is 0 Å². The third kappa shape index (κ3) is 2.80. The third-order valence-corrected chi connectivity index (χ3v) is 4.01. The average Bonchev–Trinajstić information content (AvgIpc) is 2.81. The fraction of sp³-hybridized carbons (Fsp3) is 0.312. The number of nitrogens with one attached hydrogen (secondary N) is 1. The van der Waals surface area contributed by atoms with Crippen molar-refractivity contribution in [3.05, 3.63) is 64.4 Å². The zero-order valence-corrected chi connectivity index (χ0v) is 11.7. The van der Waals surface area contributed by atoms with Crippen molar-refractivity contribution in [1.29, 1.82) is 0 Å². The van der Waals surface area contributed by atoms with Crippen molar-refractivity contribution in [1.82, 2.24) is 10.3 Å². The van der Waals surface area contributed by atoms with Crippen LogP contribution in [0.2, 0.25) is 5.02 Å². The van der Waals surface area contributed by atoms with Crippen molar-refractivity contribution in [2.75, 3.05) is 0 Å². The van der Waals surface area contributed by atoms with Crippen LogP contribution in [0, 0.1) is 0 Å². The quantitative estimate of drug-likeness (QED) is 0.924. The highest BCUT2D eigenvalue weighted by Crippen LogP contribution is 2.26. The summed E-state index contributed by atoms with van der Waals surface area (Å²) < 4.78 is 0. The van der Waals surface area contributed by atoms with Gasteiger partial charge in [-0.25, -0.2) is 0 Å². The van der Waals surface area contributed by atoms with Crippen LogP contribution in [-0.4, -0.2) is 11.0 Å². The minimum atomic E-state index is 0.323. The van der Waals surface area contributed by atoms with E-state index in [4.69, 9.17) is 11.6 Å². The predicted octanol–water partition coefficient (Wildman–Crippen LogP) is 3.55. The van der Waals surface area contributed by atoms with E-state index in [0.717, 1.165) is 17.9 Å². The molecule has 2 aromatic rings. The SMILES string of the molecule is C[C@H](NC1Cc2ccc(Cl)cc2C1)c1cccnc1. The molecule has 0 bridgehead atoms. The minimum absolute atomic E-state index is 0.323. The maximum absolute atomic E-state index is 6.04. The minimum Gasteiger partial charge on any atom is -0.307 e. The van der Waals surface area contributed by atoms with E-state index >= 15 is 0 Å². The normalized spacial score (nSPS) is 19.2. The molecule has 2 atom stereocenters. The van der Waals surface area contributed by atoms with E-state index in [0.29, 0.717) is 12.1 Å². The highest BCUT2D eigenvalue weighted by atomic mass is 35.5. The van der Waals surface area contributed by atoms with Gasteiger partial charge in [0, 0.05) is 29.5 Å². The summed E-state index contributed by atoms with van der Waals surface area (Å²) in [6, 6.07) is 11.1. The van der Waals surface area contributed by atoms with Crippen LogP contribution < -0.4 is 5.32 Å². The van der Waals surface area contributed by atoms with Gasteiger partial charge in [-0.1, -0.05) is 23.7 Å². The molecule has 98 valence electrons. The highest BCUT2D eigenvalue weighted by Gasteiger charge is 2.23. The summed E-state index contributed by atoms with van der Waals surface area (Å²) in [5.41, 5.74) is 4.03. The standard InChI is InChI=1S/C16H17ClN2/c1-11(13-3-2-6-18-10-13)19-16-8-12-4-5-15(17)7-14(12)9-16/h2-7,10-11,16,19H,8-9H2,1H3/t11-,16?/m0/s1. The van der Waals surface area contributed by atoms with Crippen molar-refractivity contribution < 1.29 is 0 Å². The lowest BCUT2D eigenvalue weighted by molar-refractivity contribution is 0.467. The molecule has 0 amide bonds. The Kier molecular flexibility index (Phi) is 3.54. The summed E-state index contributed by atoms with van der Waals surface area (Å²) >= 11 is 6.04. The van der Waals surface area contributed by atoms with E-state index in [1.165, 1.54) is 16.7 Å². The number of nitrogens with zero attached hydrogens (tertiary/aromatic N) is 1. The molecular formula is C16H17ClN2. The molecule has 0 saturated heterocycles. The first-order chi connectivity index (χ1) is 9.22. The van der Waals surface area contributed by atoms with Crippen molar-refractivity contribution in [2.24, 2.45) is 0 Å². The van der Waals surface area contributed by atoms with Gasteiger partial charge in [0.1, 0.15) is 0 Å². The Morgan fingerprint density at radius 3 is 2.89 bits per heavy atom. The third-order valence-electron chi connectivity index (χ3n) is 3.77. The molecule has 0 radical (unpaired) electrons. The number of fused-ring (bicyclic) bond motifs is 1. The summed E-state index contributed by atoms with van der Waals surface area (Å²) in [5, 5.41) is 4.51. The molecule has 1 unspecified atom stereocenters. The Hall–Kier alpha value is -1.38. The fourth-order valence-electron chi connectivity index (χ4n) is 2.79. The zero-order chi connectivity index (χ0) is 13.2. The lowest BCUT2D eigenvalue weighted by atomic mass is 10.1. The second-order valence-electron chi connectivity index (χ2n) is 5.19. The predicted molar refractivity (Wildman–Crippen MR) is 78.4 cm³/mol. The molecule has 19 heavy (non-hydrogen) atoms. The molecule has 0 saturated carbocycles. The van der Waals surface area contributed by atoms with Gasteiger partial charge in [-0.15, -0.1) is 0 Å². The first-order valence-electron chi connectivity index (χ1n) is 6.65. The van der Waals surface area contributed by atoms with Crippen LogP contribution in [0.4, 0.5) is 0 Å². The number of hydrogen-bond donors (Lipinski definition) is 1. The van der Waals surface area contributed by atoms with Crippen LogP contribution in [-0.2, 0) is 12.8 Å². The Morgan fingerprint density at radius 2 is 2.11 bits per heavy atom. The van der Waals surface area contributed by atoms with E-state index in [-0.39, 0.29) is 0 Å². The van der Waals surface area contributed by atoms with Crippen LogP contribution in [0.25, 0.3) is 0 Å². The fourth-order valence-corrected chi connectivity index (χ4v) is 2.98. The van der Waals surface area contributed by atoms with Crippen LogP contribution in [0.3, 0.4) is 0 Å². The molecule has 2 nitrogen and oxygen atoms in total. The monoisotopic (exact) mass is 272 g/mol. The largest absolute Gasteiger partial charge is 0.307 e. The second-order valence-corrected chi connectivity index (χ2v) is 5.63. The summed E-state index contributed by atoms with van der Waals surface area (Å²) in [7, 11) is 0. The van der Waals surface area contributed by atoms with Gasteiger partial charge in [-0.3, -0.25) is 4.98 Å². The first-order valence-corrected chi connectivity index (χ1v) is 7.03. The lowest BCUT2D eigenvalue weighted by Gasteiger charge is -2.19. The summed E-state index contributed by atoms with van der Waals surface area (Å²) in [5.74, 6) is 0. The van der Waals surface area contributed by atoms with Gasteiger partial charge in [0.25, 0.3) is 0 Å². The van der Waals surface area contributed by atoms with Crippen molar-refractivity contribution >= 4 is 11.6 Å². The Labute approximate surface area is 118 Å². The van der Waals surface area contributed by atoms with Crippen LogP contribution in [0.15, 0.2) is 42.7 Å². The molecular weight excluding hydrogens is 256 g/mol. The number of benzene rings is 1. The van der Waals surface area contributed by atoms with E-state index in [9.17, 15) is 0 Å². The van der Waals surface area contributed by atoms with Crippen molar-refractivity contribution in [3.63, 3.8) is 0 Å². The summed E-state index contributed by atoms with van der Waals surface area (Å²) in [6.07, 6.45) is 5.87. The van der Waals surface area contributed by atoms with Crippen molar-refractivity contribution in [3.8, 4) is 0 Å².